The standard InChI is InChI=1S/C24H23BrCl2FN5O2/c1-33(2)8-4-3-5-19-31-21(23(25)32-19)24(34)30-13-15-6-7-18(27)22(20(15)28)35-17-10-14(12-29)9-16(26)11-17/h6-7,9-11H,3-5,8,13H2,1-2H3,(H,30,34)(H,31,32). The van der Waals surface area contributed by atoms with Crippen molar-refractivity contribution in [3.05, 3.63) is 73.4 Å². The van der Waals surface area contributed by atoms with Gasteiger partial charge in [-0.1, -0.05) is 29.3 Å². The summed E-state index contributed by atoms with van der Waals surface area (Å²) in [6.45, 7) is 0.860. The van der Waals surface area contributed by atoms with Gasteiger partial charge in [0.25, 0.3) is 5.91 Å². The molecule has 0 saturated carbocycles. The number of hydrogen-bond acceptors (Lipinski definition) is 5. The Bertz CT molecular complexity index is 1260. The number of imidazole rings is 1. The highest BCUT2D eigenvalue weighted by Crippen LogP contribution is 2.35. The molecule has 1 heterocycles. The van der Waals surface area contributed by atoms with Crippen LogP contribution in [0.3, 0.4) is 0 Å². The minimum atomic E-state index is -0.737. The summed E-state index contributed by atoms with van der Waals surface area (Å²) in [4.78, 5) is 22.2. The summed E-state index contributed by atoms with van der Waals surface area (Å²) in [6, 6.07) is 9.20. The Kier molecular flexibility index (Phi) is 9.52. The van der Waals surface area contributed by atoms with Gasteiger partial charge in [0.15, 0.2) is 17.3 Å². The highest BCUT2D eigenvalue weighted by Gasteiger charge is 2.19. The Morgan fingerprint density at radius 1 is 1.29 bits per heavy atom. The first-order chi connectivity index (χ1) is 16.7. The van der Waals surface area contributed by atoms with Crippen LogP contribution in [0.25, 0.3) is 0 Å². The third-order valence-electron chi connectivity index (χ3n) is 4.98. The van der Waals surface area contributed by atoms with Crippen molar-refractivity contribution < 1.29 is 13.9 Å². The van der Waals surface area contributed by atoms with E-state index < -0.39 is 11.7 Å². The molecule has 11 heteroatoms. The molecular weight excluding hydrogens is 560 g/mol. The fraction of sp³-hybridized carbons (Fsp3) is 0.292. The summed E-state index contributed by atoms with van der Waals surface area (Å²) in [6.07, 6.45) is 2.66. The van der Waals surface area contributed by atoms with Crippen LogP contribution in [0.4, 0.5) is 4.39 Å². The van der Waals surface area contributed by atoms with E-state index in [1.165, 1.54) is 30.3 Å². The lowest BCUT2D eigenvalue weighted by atomic mass is 10.2. The van der Waals surface area contributed by atoms with E-state index in [0.717, 1.165) is 19.4 Å². The topological polar surface area (TPSA) is 94.0 Å². The van der Waals surface area contributed by atoms with E-state index in [9.17, 15) is 4.79 Å². The molecule has 2 aromatic carbocycles. The molecule has 3 rings (SSSR count). The molecule has 0 atom stereocenters. The molecular formula is C24H23BrCl2FN5O2. The number of nitrogens with one attached hydrogen (secondary N) is 2. The molecule has 3 aromatic rings. The summed E-state index contributed by atoms with van der Waals surface area (Å²) >= 11 is 15.5. The van der Waals surface area contributed by atoms with Gasteiger partial charge in [-0.2, -0.15) is 5.26 Å². The Morgan fingerprint density at radius 3 is 2.77 bits per heavy atom. The van der Waals surface area contributed by atoms with Gasteiger partial charge in [-0.3, -0.25) is 4.79 Å². The van der Waals surface area contributed by atoms with Gasteiger partial charge in [0.05, 0.1) is 16.7 Å². The van der Waals surface area contributed by atoms with Gasteiger partial charge in [-0.05, 0) is 73.7 Å². The van der Waals surface area contributed by atoms with E-state index in [4.69, 9.17) is 33.2 Å². The SMILES string of the molecule is CN(C)CCCCc1nc(C(=O)NCc2ccc(Cl)c(Oc3cc(Cl)cc(C#N)c3)c2F)c(Br)[nH]1. The Morgan fingerprint density at radius 2 is 2.06 bits per heavy atom. The first-order valence-corrected chi connectivity index (χ1v) is 12.3. The van der Waals surface area contributed by atoms with Crippen LogP contribution in [0.5, 0.6) is 11.5 Å². The maximum Gasteiger partial charge on any atom is 0.272 e. The molecule has 35 heavy (non-hydrogen) atoms. The molecule has 1 aromatic heterocycles. The third-order valence-corrected chi connectivity index (χ3v) is 6.07. The summed E-state index contributed by atoms with van der Waals surface area (Å²) in [5, 5.41) is 12.1. The van der Waals surface area contributed by atoms with E-state index in [1.54, 1.807) is 0 Å². The molecule has 2 N–H and O–H groups in total. The van der Waals surface area contributed by atoms with Gasteiger partial charge in [0.1, 0.15) is 16.2 Å². The van der Waals surface area contributed by atoms with E-state index in [0.29, 0.717) is 16.8 Å². The first kappa shape index (κ1) is 27.0. The minimum absolute atomic E-state index is 0.0324. The van der Waals surface area contributed by atoms with Gasteiger partial charge in [0, 0.05) is 23.6 Å². The first-order valence-electron chi connectivity index (χ1n) is 10.7. The fourth-order valence-corrected chi connectivity index (χ4v) is 4.16. The number of aryl methyl sites for hydroxylation is 1. The second kappa shape index (κ2) is 12.4. The number of nitriles is 1. The maximum atomic E-state index is 15.2. The van der Waals surface area contributed by atoms with Crippen LogP contribution in [0.1, 0.15) is 40.3 Å². The third kappa shape index (κ3) is 7.42. The van der Waals surface area contributed by atoms with Crippen molar-refractivity contribution in [3.8, 4) is 17.6 Å². The summed E-state index contributed by atoms with van der Waals surface area (Å²) < 4.78 is 21.2. The Balaban J connectivity index is 1.68. The highest BCUT2D eigenvalue weighted by molar-refractivity contribution is 9.10. The molecule has 0 bridgehead atoms. The van der Waals surface area contributed by atoms with Crippen molar-refractivity contribution >= 4 is 45.0 Å². The van der Waals surface area contributed by atoms with E-state index >= 15 is 4.39 Å². The number of carbonyl (C=O) groups is 1. The Labute approximate surface area is 221 Å². The largest absolute Gasteiger partial charge is 0.453 e. The van der Waals surface area contributed by atoms with Crippen LogP contribution >= 0.6 is 39.1 Å². The molecule has 0 aliphatic rings. The molecule has 1 amide bonds. The number of nitrogens with zero attached hydrogens (tertiary/aromatic N) is 3. The molecule has 0 unspecified atom stereocenters. The zero-order chi connectivity index (χ0) is 25.5. The molecule has 184 valence electrons. The second-order valence-electron chi connectivity index (χ2n) is 8.03. The maximum absolute atomic E-state index is 15.2. The number of benzene rings is 2. The van der Waals surface area contributed by atoms with Crippen molar-refractivity contribution in [1.82, 2.24) is 20.2 Å². The van der Waals surface area contributed by atoms with Gasteiger partial charge in [-0.15, -0.1) is 0 Å². The van der Waals surface area contributed by atoms with Crippen molar-refractivity contribution in [1.29, 1.82) is 5.26 Å². The molecule has 0 fully saturated rings. The molecule has 7 nitrogen and oxygen atoms in total. The lowest BCUT2D eigenvalue weighted by molar-refractivity contribution is 0.0945. The molecule has 0 spiro atoms. The fourth-order valence-electron chi connectivity index (χ4n) is 3.25. The van der Waals surface area contributed by atoms with Crippen LogP contribution in [-0.2, 0) is 13.0 Å². The Hall–Kier alpha value is -2.64. The van der Waals surface area contributed by atoms with Crippen molar-refractivity contribution in [3.63, 3.8) is 0 Å². The van der Waals surface area contributed by atoms with Gasteiger partial charge < -0.3 is 19.9 Å². The van der Waals surface area contributed by atoms with E-state index in [-0.39, 0.29) is 44.9 Å². The average molecular weight is 583 g/mol. The number of ether oxygens (including phenoxy) is 1. The quantitative estimate of drug-likeness (QED) is 0.282. The number of aromatic amines is 1. The van der Waals surface area contributed by atoms with E-state index in [2.05, 4.69) is 36.1 Å². The molecule has 0 aliphatic heterocycles. The van der Waals surface area contributed by atoms with Gasteiger partial charge >= 0.3 is 0 Å². The number of rotatable bonds is 10. The summed E-state index contributed by atoms with van der Waals surface area (Å²) in [7, 11) is 4.04. The van der Waals surface area contributed by atoms with Gasteiger partial charge in [-0.25, -0.2) is 9.37 Å². The molecule has 0 aliphatic carbocycles. The number of amides is 1. The zero-order valence-corrected chi connectivity index (χ0v) is 22.2. The number of hydrogen-bond donors (Lipinski definition) is 2. The average Bonchev–Trinajstić information content (AvgIpc) is 3.18. The number of halogens is 4. The smallest absolute Gasteiger partial charge is 0.272 e. The van der Waals surface area contributed by atoms with Crippen LogP contribution in [-0.4, -0.2) is 41.4 Å². The van der Waals surface area contributed by atoms with Crippen molar-refractivity contribution in [2.24, 2.45) is 0 Å². The predicted octanol–water partition coefficient (Wildman–Crippen LogP) is 6.10. The number of H-pyrrole nitrogens is 1. The predicted molar refractivity (Wildman–Crippen MR) is 137 cm³/mol. The van der Waals surface area contributed by atoms with Crippen molar-refractivity contribution in [2.45, 2.75) is 25.8 Å². The van der Waals surface area contributed by atoms with Crippen LogP contribution in [0.15, 0.2) is 34.9 Å². The minimum Gasteiger partial charge on any atom is -0.453 e. The summed E-state index contributed by atoms with van der Waals surface area (Å²) in [5.41, 5.74) is 0.617. The highest BCUT2D eigenvalue weighted by atomic mass is 79.9. The van der Waals surface area contributed by atoms with Crippen LogP contribution < -0.4 is 10.1 Å². The lowest BCUT2D eigenvalue weighted by Gasteiger charge is -2.13. The van der Waals surface area contributed by atoms with Crippen LogP contribution in [0.2, 0.25) is 10.0 Å². The second-order valence-corrected chi connectivity index (χ2v) is 9.66. The van der Waals surface area contributed by atoms with E-state index in [1.807, 2.05) is 20.2 Å². The zero-order valence-electron chi connectivity index (χ0n) is 19.1. The van der Waals surface area contributed by atoms with Crippen molar-refractivity contribution in [2.75, 3.05) is 20.6 Å². The summed E-state index contributed by atoms with van der Waals surface area (Å²) in [5.74, 6) is -0.565. The molecule has 0 radical (unpaired) electrons. The van der Waals surface area contributed by atoms with Gasteiger partial charge in [0.2, 0.25) is 0 Å². The van der Waals surface area contributed by atoms with Crippen LogP contribution in [0, 0.1) is 17.1 Å². The lowest BCUT2D eigenvalue weighted by Crippen LogP contribution is -2.24. The normalized spacial score (nSPS) is 10.9. The number of carbonyl (C=O) groups excluding carboxylic acids is 1. The number of unbranched alkanes of at least 4 members (excludes halogenated alkanes) is 1. The number of aromatic nitrogens is 2. The molecule has 0 saturated heterocycles. The monoisotopic (exact) mass is 581 g/mol.